The molecule has 102 valence electrons. The molecule has 18 heavy (non-hydrogen) atoms. The van der Waals surface area contributed by atoms with Crippen molar-refractivity contribution in [2.24, 2.45) is 5.73 Å². The van der Waals surface area contributed by atoms with Crippen molar-refractivity contribution in [1.82, 2.24) is 4.98 Å². The Morgan fingerprint density at radius 2 is 1.83 bits per heavy atom. The number of carbonyl (C=O) groups is 1. The summed E-state index contributed by atoms with van der Waals surface area (Å²) in [4.78, 5) is 15.9. The number of hydrogen-bond donors (Lipinski definition) is 2. The molecule has 1 saturated heterocycles. The van der Waals surface area contributed by atoms with Gasteiger partial charge >= 0.3 is 0 Å². The molecular formula is C11H17Cl2N3O2. The number of anilines is 1. The van der Waals surface area contributed by atoms with E-state index in [0.29, 0.717) is 26.1 Å². The molecule has 0 radical (unpaired) electrons. The minimum Gasteiger partial charge on any atom is -0.381 e. The smallest absolute Gasteiger partial charge is 0.244 e. The predicted octanol–water partition coefficient (Wildman–Crippen LogP) is 1.37. The van der Waals surface area contributed by atoms with Gasteiger partial charge in [0.15, 0.2) is 0 Å². The molecule has 2 rings (SSSR count). The van der Waals surface area contributed by atoms with Crippen molar-refractivity contribution < 1.29 is 9.53 Å². The molecule has 0 aliphatic carbocycles. The van der Waals surface area contributed by atoms with Crippen molar-refractivity contribution >= 4 is 36.4 Å². The first-order valence-corrected chi connectivity index (χ1v) is 5.29. The monoisotopic (exact) mass is 293 g/mol. The number of hydrogen-bond acceptors (Lipinski definition) is 4. The largest absolute Gasteiger partial charge is 0.381 e. The van der Waals surface area contributed by atoms with Crippen LogP contribution in [-0.4, -0.2) is 29.6 Å². The van der Waals surface area contributed by atoms with Crippen LogP contribution in [0.15, 0.2) is 24.5 Å². The maximum absolute atomic E-state index is 12.0. The summed E-state index contributed by atoms with van der Waals surface area (Å²) in [5, 5.41) is 2.79. The van der Waals surface area contributed by atoms with E-state index in [1.807, 2.05) is 0 Å². The number of nitrogens with one attached hydrogen (secondary N) is 1. The Kier molecular flexibility index (Phi) is 7.16. The number of nitrogens with zero attached hydrogens (tertiary/aromatic N) is 1. The van der Waals surface area contributed by atoms with E-state index in [0.717, 1.165) is 5.69 Å². The topological polar surface area (TPSA) is 77.2 Å². The molecule has 1 aromatic heterocycles. The van der Waals surface area contributed by atoms with Gasteiger partial charge in [-0.1, -0.05) is 0 Å². The van der Waals surface area contributed by atoms with Crippen LogP contribution in [0.4, 0.5) is 5.69 Å². The summed E-state index contributed by atoms with van der Waals surface area (Å²) in [7, 11) is 0. The molecule has 0 unspecified atom stereocenters. The average molecular weight is 294 g/mol. The molecule has 1 aliphatic rings. The van der Waals surface area contributed by atoms with E-state index in [1.165, 1.54) is 0 Å². The number of pyridine rings is 1. The molecule has 7 heteroatoms. The quantitative estimate of drug-likeness (QED) is 0.863. The highest BCUT2D eigenvalue weighted by Gasteiger charge is 2.35. The summed E-state index contributed by atoms with van der Waals surface area (Å²) in [6.45, 7) is 1.08. The zero-order chi connectivity index (χ0) is 11.4. The molecule has 1 fully saturated rings. The maximum Gasteiger partial charge on any atom is 0.244 e. The number of rotatable bonds is 2. The Bertz CT molecular complexity index is 370. The van der Waals surface area contributed by atoms with E-state index in [-0.39, 0.29) is 30.7 Å². The van der Waals surface area contributed by atoms with E-state index in [9.17, 15) is 4.79 Å². The number of aromatic nitrogens is 1. The lowest BCUT2D eigenvalue weighted by molar-refractivity contribution is -0.124. The molecule has 1 aromatic rings. The first-order chi connectivity index (χ1) is 7.71. The maximum atomic E-state index is 12.0. The van der Waals surface area contributed by atoms with Gasteiger partial charge in [0.05, 0.1) is 0 Å². The molecule has 3 N–H and O–H groups in total. The second kappa shape index (κ2) is 7.53. The first-order valence-electron chi connectivity index (χ1n) is 5.29. The van der Waals surface area contributed by atoms with Gasteiger partial charge in [-0.25, -0.2) is 0 Å². The molecule has 1 aliphatic heterocycles. The fourth-order valence-corrected chi connectivity index (χ4v) is 1.65. The predicted molar refractivity (Wildman–Crippen MR) is 74.3 cm³/mol. The van der Waals surface area contributed by atoms with Crippen molar-refractivity contribution in [2.75, 3.05) is 18.5 Å². The van der Waals surface area contributed by atoms with Crippen molar-refractivity contribution in [3.8, 4) is 0 Å². The molecule has 0 aromatic carbocycles. The second-order valence-corrected chi connectivity index (χ2v) is 3.96. The Hall–Kier alpha value is -0.880. The van der Waals surface area contributed by atoms with Crippen LogP contribution in [0.1, 0.15) is 12.8 Å². The summed E-state index contributed by atoms with van der Waals surface area (Å²) >= 11 is 0. The van der Waals surface area contributed by atoms with Crippen LogP contribution in [0.3, 0.4) is 0 Å². The number of nitrogens with two attached hydrogens (primary N) is 1. The van der Waals surface area contributed by atoms with Crippen LogP contribution >= 0.6 is 24.8 Å². The number of halogens is 2. The molecule has 0 saturated carbocycles. The lowest BCUT2D eigenvalue weighted by Gasteiger charge is -2.31. The van der Waals surface area contributed by atoms with Crippen LogP contribution in [0.25, 0.3) is 0 Å². The van der Waals surface area contributed by atoms with Gasteiger partial charge in [0.25, 0.3) is 0 Å². The van der Waals surface area contributed by atoms with Crippen LogP contribution < -0.4 is 11.1 Å². The summed E-state index contributed by atoms with van der Waals surface area (Å²) < 4.78 is 5.20. The molecule has 2 heterocycles. The standard InChI is InChI=1S/C11H15N3O2.2ClH/c12-11(3-7-16-8-4-11)10(15)14-9-1-5-13-6-2-9;;/h1-2,5-6H,3-4,7-8,12H2,(H,13,14,15);2*1H. The Balaban J connectivity index is 0.00000144. The molecule has 0 bridgehead atoms. The zero-order valence-corrected chi connectivity index (χ0v) is 11.4. The van der Waals surface area contributed by atoms with E-state index in [4.69, 9.17) is 10.5 Å². The number of ether oxygens (including phenoxy) is 1. The highest BCUT2D eigenvalue weighted by Crippen LogP contribution is 2.19. The lowest BCUT2D eigenvalue weighted by atomic mass is 9.90. The van der Waals surface area contributed by atoms with Gasteiger partial charge in [-0.15, -0.1) is 24.8 Å². The van der Waals surface area contributed by atoms with Crippen molar-refractivity contribution in [3.63, 3.8) is 0 Å². The molecule has 0 spiro atoms. The van der Waals surface area contributed by atoms with Gasteiger partial charge < -0.3 is 15.8 Å². The second-order valence-electron chi connectivity index (χ2n) is 3.96. The van der Waals surface area contributed by atoms with E-state index in [1.54, 1.807) is 24.5 Å². The summed E-state index contributed by atoms with van der Waals surface area (Å²) in [5.41, 5.74) is 5.96. The minimum atomic E-state index is -0.804. The SMILES string of the molecule is Cl.Cl.NC1(C(=O)Nc2ccncc2)CCOCC1. The zero-order valence-electron chi connectivity index (χ0n) is 9.80. The summed E-state index contributed by atoms with van der Waals surface area (Å²) in [6, 6.07) is 3.47. The van der Waals surface area contributed by atoms with E-state index >= 15 is 0 Å². The molecule has 0 atom stereocenters. The minimum absolute atomic E-state index is 0. The third-order valence-electron chi connectivity index (χ3n) is 2.78. The fraction of sp³-hybridized carbons (Fsp3) is 0.455. The van der Waals surface area contributed by atoms with Crippen LogP contribution in [0, 0.1) is 0 Å². The average Bonchev–Trinajstić information content (AvgIpc) is 2.31. The highest BCUT2D eigenvalue weighted by molar-refractivity contribution is 5.97. The van der Waals surface area contributed by atoms with Crippen LogP contribution in [-0.2, 0) is 9.53 Å². The number of amides is 1. The summed E-state index contributed by atoms with van der Waals surface area (Å²) in [5.74, 6) is -0.151. The van der Waals surface area contributed by atoms with Crippen molar-refractivity contribution in [1.29, 1.82) is 0 Å². The lowest BCUT2D eigenvalue weighted by Crippen LogP contribution is -2.54. The first kappa shape index (κ1) is 17.1. The third-order valence-corrected chi connectivity index (χ3v) is 2.78. The summed E-state index contributed by atoms with van der Waals surface area (Å²) in [6.07, 6.45) is 4.37. The molecule has 5 nitrogen and oxygen atoms in total. The van der Waals surface area contributed by atoms with Gasteiger partial charge in [-0.2, -0.15) is 0 Å². The fourth-order valence-electron chi connectivity index (χ4n) is 1.65. The van der Waals surface area contributed by atoms with Crippen molar-refractivity contribution in [2.45, 2.75) is 18.4 Å². The Labute approximate surface area is 118 Å². The van der Waals surface area contributed by atoms with Gasteiger partial charge in [0.1, 0.15) is 5.54 Å². The van der Waals surface area contributed by atoms with Gasteiger partial charge in [0.2, 0.25) is 5.91 Å². The Morgan fingerprint density at radius 1 is 1.28 bits per heavy atom. The van der Waals surface area contributed by atoms with Crippen molar-refractivity contribution in [3.05, 3.63) is 24.5 Å². The van der Waals surface area contributed by atoms with E-state index in [2.05, 4.69) is 10.3 Å². The number of carbonyl (C=O) groups excluding carboxylic acids is 1. The van der Waals surface area contributed by atoms with Crippen LogP contribution in [0.2, 0.25) is 0 Å². The normalized spacial score (nSPS) is 16.9. The molecular weight excluding hydrogens is 277 g/mol. The van der Waals surface area contributed by atoms with Gasteiger partial charge in [-0.05, 0) is 25.0 Å². The third kappa shape index (κ3) is 4.10. The van der Waals surface area contributed by atoms with Crippen LogP contribution in [0.5, 0.6) is 0 Å². The Morgan fingerprint density at radius 3 is 2.39 bits per heavy atom. The van der Waals surface area contributed by atoms with E-state index < -0.39 is 5.54 Å². The van der Waals surface area contributed by atoms with Gasteiger partial charge in [-0.3, -0.25) is 9.78 Å². The highest BCUT2D eigenvalue weighted by atomic mass is 35.5. The van der Waals surface area contributed by atoms with Gasteiger partial charge in [0, 0.05) is 31.3 Å². The molecule has 1 amide bonds.